The number of amides is 1. The number of allylic oxidation sites excluding steroid dienone is 22. The van der Waals surface area contributed by atoms with Gasteiger partial charge < -0.3 is 65.1 Å². The summed E-state index contributed by atoms with van der Waals surface area (Å²) in [5, 5.41) is 87.6. The van der Waals surface area contributed by atoms with E-state index in [9.17, 15) is 45.6 Å². The highest BCUT2D eigenvalue weighted by molar-refractivity contribution is 5.76. The molecule has 14 nitrogen and oxygen atoms in total. The van der Waals surface area contributed by atoms with E-state index in [0.717, 1.165) is 135 Å². The Hall–Kier alpha value is -3.87. The van der Waals surface area contributed by atoms with Crippen molar-refractivity contribution in [3.8, 4) is 0 Å². The van der Waals surface area contributed by atoms with Crippen LogP contribution >= 0.6 is 0 Å². The quantitative estimate of drug-likeness (QED) is 0.0204. The SMILES string of the molecule is CC/C=C\C/C=C\C/C=C\C/C=C\C/C=C\C/C=C\C/C=C\C/C=C\C/C=C\C/C=C\C/C=C\CCCCCCCCCC(=O)NC(COC1OC(CO)C(OC2OC(CO)C(O)C(O)C2O)C(O)C1O)C(O)CCCCCCCCCCCCCCCCCCC. The molecule has 0 aromatic carbocycles. The minimum Gasteiger partial charge on any atom is -0.394 e. The molecule has 1 amide bonds. The first-order chi connectivity index (χ1) is 45.1. The van der Waals surface area contributed by atoms with Crippen LogP contribution in [-0.2, 0) is 23.7 Å². The summed E-state index contributed by atoms with van der Waals surface area (Å²) >= 11 is 0. The van der Waals surface area contributed by atoms with E-state index >= 15 is 0 Å². The molecule has 526 valence electrons. The maximum atomic E-state index is 13.3. The number of unbranched alkanes of at least 4 members (excludes halogenated alkanes) is 23. The summed E-state index contributed by atoms with van der Waals surface area (Å²) in [7, 11) is 0. The first-order valence-corrected chi connectivity index (χ1v) is 36.4. The first-order valence-electron chi connectivity index (χ1n) is 36.4. The van der Waals surface area contributed by atoms with Gasteiger partial charge >= 0.3 is 0 Å². The fourth-order valence-electron chi connectivity index (χ4n) is 11.1. The molecule has 2 aliphatic heterocycles. The Balaban J connectivity index is 1.63. The number of hydrogen-bond acceptors (Lipinski definition) is 13. The Labute approximate surface area is 558 Å². The number of carbonyl (C=O) groups is 1. The molecule has 0 saturated carbocycles. The van der Waals surface area contributed by atoms with Gasteiger partial charge in [0.1, 0.15) is 48.8 Å². The molecule has 0 radical (unpaired) electrons. The predicted octanol–water partition coefficient (Wildman–Crippen LogP) is 15.5. The number of aliphatic hydroxyl groups excluding tert-OH is 8. The van der Waals surface area contributed by atoms with Crippen LogP contribution in [0, 0.1) is 0 Å². The lowest BCUT2D eigenvalue weighted by Crippen LogP contribution is -2.65. The van der Waals surface area contributed by atoms with Gasteiger partial charge in [-0.3, -0.25) is 4.79 Å². The normalized spacial score (nSPS) is 23.5. The Morgan fingerprint density at radius 2 is 0.750 bits per heavy atom. The zero-order chi connectivity index (χ0) is 66.6. The summed E-state index contributed by atoms with van der Waals surface area (Å²) in [5.74, 6) is -0.222. The molecule has 0 bridgehead atoms. The fraction of sp³-hybridized carbons (Fsp3) is 0.705. The van der Waals surface area contributed by atoms with Gasteiger partial charge in [0.25, 0.3) is 0 Å². The average Bonchev–Trinajstić information content (AvgIpc) is 0.856. The molecule has 14 heteroatoms. The van der Waals surface area contributed by atoms with E-state index < -0.39 is 86.8 Å². The van der Waals surface area contributed by atoms with Gasteiger partial charge in [-0.1, -0.05) is 289 Å². The number of nitrogens with one attached hydrogen (secondary N) is 1. The largest absolute Gasteiger partial charge is 0.394 e. The van der Waals surface area contributed by atoms with Gasteiger partial charge in [-0.2, -0.15) is 0 Å². The van der Waals surface area contributed by atoms with Crippen LogP contribution in [0.25, 0.3) is 0 Å². The second-order valence-electron chi connectivity index (χ2n) is 25.0. The van der Waals surface area contributed by atoms with Crippen LogP contribution < -0.4 is 5.32 Å². The van der Waals surface area contributed by atoms with E-state index in [2.05, 4.69) is 153 Å². The van der Waals surface area contributed by atoms with Gasteiger partial charge in [-0.25, -0.2) is 0 Å². The molecule has 0 aromatic heterocycles. The molecule has 12 atom stereocenters. The summed E-state index contributed by atoms with van der Waals surface area (Å²) < 4.78 is 22.9. The lowest BCUT2D eigenvalue weighted by molar-refractivity contribution is -0.359. The number of rotatable bonds is 58. The maximum absolute atomic E-state index is 13.3. The van der Waals surface area contributed by atoms with E-state index in [0.29, 0.717) is 12.8 Å². The summed E-state index contributed by atoms with van der Waals surface area (Å²) in [4.78, 5) is 13.3. The standard InChI is InChI=1S/C78H131NO13/c1-3-5-7-9-11-13-15-17-19-21-22-23-24-25-26-27-28-29-30-31-32-33-34-35-36-37-38-39-40-41-42-43-44-46-48-50-52-54-56-58-60-62-70(83)79-66(67(82)61-59-57-55-53-51-49-47-45-20-18-16-14-12-10-8-6-4-2)65-89-77-75(88)73(86)76(69(64-81)91-77)92-78-74(87)72(85)71(84)68(63-80)90-78/h5,7,11,13,17,19,22-23,25-26,28-29,31-32,34-35,37-38,40-41,43-44,66-69,71-78,80-82,84-88H,3-4,6,8-10,12,14-16,18,20-21,24,27,30,33,36,39,42,45-65H2,1-2H3,(H,79,83)/b7-5-,13-11-,19-17-,23-22-,26-25-,29-28-,32-31-,35-34-,38-37-,41-40-,44-43-. The lowest BCUT2D eigenvalue weighted by Gasteiger charge is -2.46. The number of aliphatic hydroxyl groups is 8. The molecule has 92 heavy (non-hydrogen) atoms. The van der Waals surface area contributed by atoms with E-state index in [-0.39, 0.29) is 18.9 Å². The molecule has 0 aliphatic carbocycles. The zero-order valence-electron chi connectivity index (χ0n) is 57.2. The first kappa shape index (κ1) is 84.2. The number of ether oxygens (including phenoxy) is 4. The Morgan fingerprint density at radius 1 is 0.402 bits per heavy atom. The molecule has 2 aliphatic rings. The maximum Gasteiger partial charge on any atom is 0.220 e. The van der Waals surface area contributed by atoms with Crippen LogP contribution in [0.5, 0.6) is 0 Å². The second kappa shape index (κ2) is 60.8. The van der Waals surface area contributed by atoms with Gasteiger partial charge in [-0.05, 0) is 96.3 Å². The monoisotopic (exact) mass is 1290 g/mol. The summed E-state index contributed by atoms with van der Waals surface area (Å²) in [5.41, 5.74) is 0. The second-order valence-corrected chi connectivity index (χ2v) is 25.0. The van der Waals surface area contributed by atoms with Crippen molar-refractivity contribution < 1.29 is 64.6 Å². The third-order valence-electron chi connectivity index (χ3n) is 16.9. The third-order valence-corrected chi connectivity index (χ3v) is 16.9. The van der Waals surface area contributed by atoms with Crippen LogP contribution in [0.2, 0.25) is 0 Å². The Morgan fingerprint density at radius 3 is 1.15 bits per heavy atom. The minimum atomic E-state index is -1.79. The van der Waals surface area contributed by atoms with Gasteiger partial charge in [0.15, 0.2) is 12.6 Å². The fourth-order valence-corrected chi connectivity index (χ4v) is 11.1. The number of hydrogen-bond donors (Lipinski definition) is 9. The van der Waals surface area contributed by atoms with Crippen LogP contribution in [-0.4, -0.2) is 140 Å². The van der Waals surface area contributed by atoms with Crippen LogP contribution in [0.1, 0.15) is 258 Å². The van der Waals surface area contributed by atoms with Crippen LogP contribution in [0.15, 0.2) is 134 Å². The Bertz CT molecular complexity index is 2060. The van der Waals surface area contributed by atoms with Crippen molar-refractivity contribution >= 4 is 5.91 Å². The highest BCUT2D eigenvalue weighted by Gasteiger charge is 2.51. The van der Waals surface area contributed by atoms with E-state index in [4.69, 9.17) is 18.9 Å². The van der Waals surface area contributed by atoms with Crippen LogP contribution in [0.4, 0.5) is 0 Å². The molecule has 2 fully saturated rings. The average molecular weight is 1290 g/mol. The molecule has 12 unspecified atom stereocenters. The van der Waals surface area contributed by atoms with Crippen molar-refractivity contribution in [1.29, 1.82) is 0 Å². The van der Waals surface area contributed by atoms with Gasteiger partial charge in [0.05, 0.1) is 32.0 Å². The van der Waals surface area contributed by atoms with Crippen molar-refractivity contribution in [1.82, 2.24) is 5.32 Å². The molecule has 0 spiro atoms. The lowest BCUT2D eigenvalue weighted by atomic mass is 9.97. The predicted molar refractivity (Wildman–Crippen MR) is 378 cm³/mol. The van der Waals surface area contributed by atoms with E-state index in [1.807, 2.05) is 0 Å². The smallest absolute Gasteiger partial charge is 0.220 e. The zero-order valence-corrected chi connectivity index (χ0v) is 57.2. The third kappa shape index (κ3) is 44.0. The molecule has 9 N–H and O–H groups in total. The number of carbonyl (C=O) groups excluding carboxylic acids is 1. The van der Waals surface area contributed by atoms with Crippen molar-refractivity contribution in [3.05, 3.63) is 134 Å². The summed E-state index contributed by atoms with van der Waals surface area (Å²) in [6, 6.07) is -0.845. The van der Waals surface area contributed by atoms with E-state index in [1.54, 1.807) is 0 Å². The molecule has 0 aromatic rings. The molecular weight excluding hydrogens is 1160 g/mol. The molecule has 2 rings (SSSR count). The highest BCUT2D eigenvalue weighted by Crippen LogP contribution is 2.30. The van der Waals surface area contributed by atoms with Gasteiger partial charge in [0, 0.05) is 6.42 Å². The van der Waals surface area contributed by atoms with Crippen LogP contribution in [0.3, 0.4) is 0 Å². The highest BCUT2D eigenvalue weighted by atomic mass is 16.7. The van der Waals surface area contributed by atoms with Crippen molar-refractivity contribution in [2.24, 2.45) is 0 Å². The van der Waals surface area contributed by atoms with E-state index in [1.165, 1.54) is 89.9 Å². The minimum absolute atomic E-state index is 0.222. The Kier molecular flexibility index (Phi) is 55.6. The van der Waals surface area contributed by atoms with Crippen molar-refractivity contribution in [2.75, 3.05) is 19.8 Å². The van der Waals surface area contributed by atoms with Gasteiger partial charge in [0.2, 0.25) is 5.91 Å². The molecule has 2 heterocycles. The molecule has 2 saturated heterocycles. The van der Waals surface area contributed by atoms with Crippen molar-refractivity contribution in [2.45, 2.75) is 331 Å². The van der Waals surface area contributed by atoms with Crippen molar-refractivity contribution in [3.63, 3.8) is 0 Å². The van der Waals surface area contributed by atoms with Gasteiger partial charge in [-0.15, -0.1) is 0 Å². The summed E-state index contributed by atoms with van der Waals surface area (Å²) in [6.07, 6.45) is 73.2. The summed E-state index contributed by atoms with van der Waals surface area (Å²) in [6.45, 7) is 2.74. The topological polar surface area (TPSA) is 228 Å². The molecular formula is C78H131NO13.